The number of carboxylic acid groups (broad SMARTS) is 1. The van der Waals surface area contributed by atoms with Crippen LogP contribution in [0.3, 0.4) is 0 Å². The number of carbonyl (C=O) groups is 1. The SMILES string of the molecule is NOCc1cc(C(=O)O)c(O)cc1O. The Morgan fingerprint density at radius 3 is 2.50 bits per heavy atom. The molecule has 0 fully saturated rings. The average molecular weight is 199 g/mol. The monoisotopic (exact) mass is 199 g/mol. The summed E-state index contributed by atoms with van der Waals surface area (Å²) in [6.45, 7) is -0.133. The number of rotatable bonds is 3. The van der Waals surface area contributed by atoms with Crippen molar-refractivity contribution in [3.8, 4) is 11.5 Å². The number of phenolic OH excluding ortho intramolecular Hbond substituents is 1. The smallest absolute Gasteiger partial charge is 0.339 e. The lowest BCUT2D eigenvalue weighted by Gasteiger charge is -2.06. The van der Waals surface area contributed by atoms with Crippen LogP contribution in [0, 0.1) is 0 Å². The Morgan fingerprint density at radius 1 is 1.36 bits per heavy atom. The van der Waals surface area contributed by atoms with Gasteiger partial charge in [0.15, 0.2) is 0 Å². The zero-order chi connectivity index (χ0) is 10.7. The van der Waals surface area contributed by atoms with Crippen molar-refractivity contribution in [1.82, 2.24) is 0 Å². The number of aromatic carboxylic acids is 1. The van der Waals surface area contributed by atoms with E-state index in [9.17, 15) is 9.90 Å². The number of carboxylic acids is 1. The van der Waals surface area contributed by atoms with Crippen molar-refractivity contribution in [2.75, 3.05) is 0 Å². The highest BCUT2D eigenvalue weighted by molar-refractivity contribution is 5.91. The van der Waals surface area contributed by atoms with Crippen LogP contribution in [0.25, 0.3) is 0 Å². The van der Waals surface area contributed by atoms with E-state index in [0.717, 1.165) is 12.1 Å². The summed E-state index contributed by atoms with van der Waals surface area (Å²) in [5.74, 6) is 2.71. The van der Waals surface area contributed by atoms with Gasteiger partial charge in [0.1, 0.15) is 17.1 Å². The highest BCUT2D eigenvalue weighted by Crippen LogP contribution is 2.27. The molecular weight excluding hydrogens is 190 g/mol. The summed E-state index contributed by atoms with van der Waals surface area (Å²) in [5, 5.41) is 27.0. The van der Waals surface area contributed by atoms with Crippen molar-refractivity contribution in [3.63, 3.8) is 0 Å². The van der Waals surface area contributed by atoms with E-state index in [1.807, 2.05) is 0 Å². The van der Waals surface area contributed by atoms with E-state index in [4.69, 9.17) is 16.1 Å². The molecule has 1 aromatic carbocycles. The van der Waals surface area contributed by atoms with Gasteiger partial charge in [-0.3, -0.25) is 4.84 Å². The molecule has 0 atom stereocenters. The molecule has 0 heterocycles. The Hall–Kier alpha value is -1.79. The van der Waals surface area contributed by atoms with Crippen LogP contribution in [-0.2, 0) is 11.4 Å². The molecule has 76 valence electrons. The number of nitrogens with two attached hydrogens (primary N) is 1. The van der Waals surface area contributed by atoms with Gasteiger partial charge in [0.05, 0.1) is 6.61 Å². The minimum Gasteiger partial charge on any atom is -0.507 e. The van der Waals surface area contributed by atoms with E-state index in [2.05, 4.69) is 4.84 Å². The summed E-state index contributed by atoms with van der Waals surface area (Å²) in [5.41, 5.74) is -0.113. The Morgan fingerprint density at radius 2 is 2.00 bits per heavy atom. The molecule has 6 heteroatoms. The maximum Gasteiger partial charge on any atom is 0.339 e. The maximum atomic E-state index is 10.6. The summed E-state index contributed by atoms with van der Waals surface area (Å²) in [7, 11) is 0. The normalized spacial score (nSPS) is 10.1. The standard InChI is InChI=1S/C8H9NO5/c9-14-3-4-1-5(8(12)13)7(11)2-6(4)10/h1-2,10-11H,3,9H2,(H,12,13). The molecule has 14 heavy (non-hydrogen) atoms. The molecule has 0 saturated carbocycles. The predicted molar refractivity (Wildman–Crippen MR) is 45.7 cm³/mol. The third-order valence-electron chi connectivity index (χ3n) is 1.67. The van der Waals surface area contributed by atoms with Gasteiger partial charge in [0.25, 0.3) is 0 Å². The second-order valence-corrected chi connectivity index (χ2v) is 2.61. The number of phenols is 2. The quantitative estimate of drug-likeness (QED) is 0.516. The van der Waals surface area contributed by atoms with Gasteiger partial charge in [0.2, 0.25) is 0 Å². The van der Waals surface area contributed by atoms with E-state index in [-0.39, 0.29) is 23.5 Å². The van der Waals surface area contributed by atoms with Gasteiger partial charge in [-0.25, -0.2) is 10.7 Å². The zero-order valence-corrected chi connectivity index (χ0v) is 7.10. The summed E-state index contributed by atoms with van der Waals surface area (Å²) in [6, 6.07) is 2.03. The highest BCUT2D eigenvalue weighted by atomic mass is 16.6. The summed E-state index contributed by atoms with van der Waals surface area (Å²) in [6.07, 6.45) is 0. The molecule has 6 nitrogen and oxygen atoms in total. The van der Waals surface area contributed by atoms with E-state index >= 15 is 0 Å². The Labute approximate surface area is 79.1 Å². The molecule has 0 bridgehead atoms. The van der Waals surface area contributed by atoms with Crippen LogP contribution in [0.15, 0.2) is 12.1 Å². The molecule has 0 unspecified atom stereocenters. The topological polar surface area (TPSA) is 113 Å². The summed E-state index contributed by atoms with van der Waals surface area (Å²) in [4.78, 5) is 14.8. The highest BCUT2D eigenvalue weighted by Gasteiger charge is 2.13. The molecule has 0 aliphatic rings. The molecule has 5 N–H and O–H groups in total. The van der Waals surface area contributed by atoms with Crippen molar-refractivity contribution >= 4 is 5.97 Å². The number of aromatic hydroxyl groups is 2. The van der Waals surface area contributed by atoms with Gasteiger partial charge < -0.3 is 15.3 Å². The lowest BCUT2D eigenvalue weighted by molar-refractivity contribution is 0.0693. The molecule has 0 aliphatic carbocycles. The fourth-order valence-electron chi connectivity index (χ4n) is 0.999. The molecular formula is C8H9NO5. The Kier molecular flexibility index (Phi) is 2.90. The van der Waals surface area contributed by atoms with Crippen molar-refractivity contribution in [1.29, 1.82) is 0 Å². The van der Waals surface area contributed by atoms with Crippen molar-refractivity contribution < 1.29 is 25.0 Å². The number of hydrogen-bond donors (Lipinski definition) is 4. The van der Waals surface area contributed by atoms with E-state index in [1.165, 1.54) is 0 Å². The van der Waals surface area contributed by atoms with Gasteiger partial charge in [-0.15, -0.1) is 0 Å². The fourth-order valence-corrected chi connectivity index (χ4v) is 0.999. The van der Waals surface area contributed by atoms with Crippen LogP contribution in [0.2, 0.25) is 0 Å². The minimum absolute atomic E-state index is 0.133. The second kappa shape index (κ2) is 3.95. The van der Waals surface area contributed by atoms with Crippen molar-refractivity contribution in [2.45, 2.75) is 6.61 Å². The lowest BCUT2D eigenvalue weighted by Crippen LogP contribution is -2.02. The Balaban J connectivity index is 3.20. The number of hydrogen-bond acceptors (Lipinski definition) is 5. The molecule has 1 rings (SSSR count). The first-order valence-corrected chi connectivity index (χ1v) is 3.66. The molecule has 1 aromatic rings. The molecule has 0 amide bonds. The largest absolute Gasteiger partial charge is 0.507 e. The molecule has 0 aliphatic heterocycles. The predicted octanol–water partition coefficient (Wildman–Crippen LogP) is 0.186. The molecule has 0 radical (unpaired) electrons. The van der Waals surface area contributed by atoms with Crippen LogP contribution in [0.5, 0.6) is 11.5 Å². The minimum atomic E-state index is -1.29. The van der Waals surface area contributed by atoms with Crippen molar-refractivity contribution in [3.05, 3.63) is 23.3 Å². The van der Waals surface area contributed by atoms with Crippen LogP contribution in [0.4, 0.5) is 0 Å². The van der Waals surface area contributed by atoms with E-state index in [1.54, 1.807) is 0 Å². The third kappa shape index (κ3) is 1.93. The average Bonchev–Trinajstić information content (AvgIpc) is 2.09. The number of benzene rings is 1. The van der Waals surface area contributed by atoms with Gasteiger partial charge in [-0.05, 0) is 6.07 Å². The van der Waals surface area contributed by atoms with E-state index < -0.39 is 11.7 Å². The first-order chi connectivity index (χ1) is 6.56. The van der Waals surface area contributed by atoms with Crippen LogP contribution in [-0.4, -0.2) is 21.3 Å². The molecule has 0 saturated heterocycles. The van der Waals surface area contributed by atoms with E-state index in [0.29, 0.717) is 0 Å². The zero-order valence-electron chi connectivity index (χ0n) is 7.10. The van der Waals surface area contributed by atoms with Gasteiger partial charge in [-0.1, -0.05) is 0 Å². The maximum absolute atomic E-state index is 10.6. The fraction of sp³-hybridized carbons (Fsp3) is 0.125. The van der Waals surface area contributed by atoms with Crippen LogP contribution in [0.1, 0.15) is 15.9 Å². The van der Waals surface area contributed by atoms with Crippen molar-refractivity contribution in [2.24, 2.45) is 5.90 Å². The molecule has 0 spiro atoms. The first kappa shape index (κ1) is 10.3. The first-order valence-electron chi connectivity index (χ1n) is 3.66. The lowest BCUT2D eigenvalue weighted by atomic mass is 10.1. The van der Waals surface area contributed by atoms with Gasteiger partial charge in [-0.2, -0.15) is 0 Å². The second-order valence-electron chi connectivity index (χ2n) is 2.61. The van der Waals surface area contributed by atoms with Gasteiger partial charge >= 0.3 is 5.97 Å². The summed E-state index contributed by atoms with van der Waals surface area (Å²) >= 11 is 0. The van der Waals surface area contributed by atoms with Crippen LogP contribution < -0.4 is 5.90 Å². The summed E-state index contributed by atoms with van der Waals surface area (Å²) < 4.78 is 0. The third-order valence-corrected chi connectivity index (χ3v) is 1.67. The Bertz CT molecular complexity index is 363. The van der Waals surface area contributed by atoms with Gasteiger partial charge in [0, 0.05) is 11.6 Å². The van der Waals surface area contributed by atoms with Crippen LogP contribution >= 0.6 is 0 Å². The molecule has 0 aromatic heterocycles.